The fraction of sp³-hybridized carbons (Fsp3) is 0.222. The second kappa shape index (κ2) is 5.17. The second-order valence-electron chi connectivity index (χ2n) is 5.88. The molecule has 0 amide bonds. The van der Waals surface area contributed by atoms with Crippen LogP contribution in [-0.4, -0.2) is 11.1 Å². The zero-order chi connectivity index (χ0) is 14.9. The summed E-state index contributed by atoms with van der Waals surface area (Å²) in [5.74, 6) is 0.158. The zero-order valence-corrected chi connectivity index (χ0v) is 12.2. The first kappa shape index (κ1) is 13.6. The number of rotatable bonds is 2. The second-order valence-corrected chi connectivity index (χ2v) is 5.88. The number of hydrogen-bond donors (Lipinski definition) is 1. The first-order valence-electron chi connectivity index (χ1n) is 7.05. The van der Waals surface area contributed by atoms with Crippen molar-refractivity contribution in [2.75, 3.05) is 0 Å². The van der Waals surface area contributed by atoms with E-state index in [0.717, 1.165) is 10.8 Å². The van der Waals surface area contributed by atoms with E-state index >= 15 is 0 Å². The van der Waals surface area contributed by atoms with E-state index in [0.29, 0.717) is 5.69 Å². The number of benzene rings is 2. The summed E-state index contributed by atoms with van der Waals surface area (Å²) in [6, 6.07) is 11.4. The van der Waals surface area contributed by atoms with Crippen molar-refractivity contribution in [3.63, 3.8) is 0 Å². The summed E-state index contributed by atoms with van der Waals surface area (Å²) in [7, 11) is 0. The predicted molar refractivity (Wildman–Crippen MR) is 86.0 cm³/mol. The van der Waals surface area contributed by atoms with Gasteiger partial charge in [0.1, 0.15) is 11.4 Å². The Hall–Kier alpha value is -2.42. The molecule has 1 aliphatic rings. The van der Waals surface area contributed by atoms with Crippen LogP contribution in [0.3, 0.4) is 0 Å². The van der Waals surface area contributed by atoms with Crippen LogP contribution >= 0.6 is 0 Å². The van der Waals surface area contributed by atoms with E-state index in [1.165, 1.54) is 0 Å². The molecule has 0 fully saturated rings. The molecule has 0 bridgehead atoms. The molecular formula is C18H18N2O. The van der Waals surface area contributed by atoms with Crippen molar-refractivity contribution in [3.05, 3.63) is 60.7 Å². The molecule has 0 spiro atoms. The number of fused-ring (bicyclic) bond motifs is 1. The highest BCUT2D eigenvalue weighted by molar-refractivity contribution is 5.95. The first-order chi connectivity index (χ1) is 10.1. The fourth-order valence-electron chi connectivity index (χ4n) is 2.48. The third-order valence-electron chi connectivity index (χ3n) is 3.85. The van der Waals surface area contributed by atoms with Crippen molar-refractivity contribution >= 4 is 16.5 Å². The SMILES string of the molecule is CC1(C)C=CC=CC1N=Nc1c(O)ccc2ccccc12. The van der Waals surface area contributed by atoms with E-state index in [1.54, 1.807) is 6.07 Å². The van der Waals surface area contributed by atoms with Gasteiger partial charge in [-0.25, -0.2) is 0 Å². The number of nitrogens with zero attached hydrogens (tertiary/aromatic N) is 2. The first-order valence-corrected chi connectivity index (χ1v) is 7.05. The molecule has 0 heterocycles. The van der Waals surface area contributed by atoms with Gasteiger partial charge in [-0.2, -0.15) is 10.2 Å². The van der Waals surface area contributed by atoms with Crippen molar-refractivity contribution < 1.29 is 5.11 Å². The molecule has 0 aliphatic heterocycles. The van der Waals surface area contributed by atoms with Crippen LogP contribution in [0.4, 0.5) is 5.69 Å². The molecule has 0 saturated carbocycles. The molecule has 3 nitrogen and oxygen atoms in total. The number of allylic oxidation sites excluding steroid dienone is 2. The minimum absolute atomic E-state index is 0.0270. The van der Waals surface area contributed by atoms with Crippen molar-refractivity contribution in [1.82, 2.24) is 0 Å². The Bertz CT molecular complexity index is 757. The minimum atomic E-state index is -0.0710. The van der Waals surface area contributed by atoms with Gasteiger partial charge in [-0.05, 0) is 11.5 Å². The van der Waals surface area contributed by atoms with Crippen LogP contribution in [0, 0.1) is 5.41 Å². The molecule has 1 atom stereocenters. The van der Waals surface area contributed by atoms with Crippen LogP contribution in [0.5, 0.6) is 5.75 Å². The lowest BCUT2D eigenvalue weighted by atomic mass is 9.82. The highest BCUT2D eigenvalue weighted by Gasteiger charge is 2.26. The Morgan fingerprint density at radius 2 is 1.86 bits per heavy atom. The van der Waals surface area contributed by atoms with Crippen molar-refractivity contribution in [1.29, 1.82) is 0 Å². The monoisotopic (exact) mass is 278 g/mol. The maximum Gasteiger partial charge on any atom is 0.143 e. The van der Waals surface area contributed by atoms with E-state index in [4.69, 9.17) is 0 Å². The fourth-order valence-corrected chi connectivity index (χ4v) is 2.48. The van der Waals surface area contributed by atoms with Gasteiger partial charge < -0.3 is 5.11 Å². The summed E-state index contributed by atoms with van der Waals surface area (Å²) >= 11 is 0. The van der Waals surface area contributed by atoms with Crippen LogP contribution in [0.1, 0.15) is 13.8 Å². The van der Waals surface area contributed by atoms with E-state index in [-0.39, 0.29) is 17.2 Å². The molecule has 0 aromatic heterocycles. The highest BCUT2D eigenvalue weighted by atomic mass is 16.3. The van der Waals surface area contributed by atoms with E-state index in [1.807, 2.05) is 48.6 Å². The predicted octanol–water partition coefficient (Wildman–Crippen LogP) is 5.15. The molecule has 1 unspecified atom stereocenters. The standard InChI is InChI=1S/C18H18N2O/c1-18(2)12-6-5-9-16(18)19-20-17-14-8-4-3-7-13(14)10-11-15(17)21/h3-12,16,21H,1-2H3. The van der Waals surface area contributed by atoms with Crippen LogP contribution in [-0.2, 0) is 0 Å². The molecule has 2 aromatic rings. The number of hydrogen-bond acceptors (Lipinski definition) is 3. The third kappa shape index (κ3) is 2.59. The van der Waals surface area contributed by atoms with Crippen LogP contribution in [0.15, 0.2) is 70.9 Å². The summed E-state index contributed by atoms with van der Waals surface area (Å²) in [5.41, 5.74) is 0.463. The molecule has 3 heteroatoms. The van der Waals surface area contributed by atoms with E-state index in [2.05, 4.69) is 30.2 Å². The normalized spacial score (nSPS) is 20.4. The van der Waals surface area contributed by atoms with E-state index < -0.39 is 0 Å². The molecule has 106 valence electrons. The number of aromatic hydroxyl groups is 1. The molecular weight excluding hydrogens is 260 g/mol. The Balaban J connectivity index is 2.02. The third-order valence-corrected chi connectivity index (χ3v) is 3.85. The summed E-state index contributed by atoms with van der Waals surface area (Å²) in [6.07, 6.45) is 8.17. The smallest absolute Gasteiger partial charge is 0.143 e. The summed E-state index contributed by atoms with van der Waals surface area (Å²) in [6.45, 7) is 4.25. The maximum absolute atomic E-state index is 10.1. The van der Waals surface area contributed by atoms with Gasteiger partial charge in [0.05, 0.1) is 6.04 Å². The van der Waals surface area contributed by atoms with Gasteiger partial charge in [0.2, 0.25) is 0 Å². The van der Waals surface area contributed by atoms with Gasteiger partial charge in [0.15, 0.2) is 0 Å². The lowest BCUT2D eigenvalue weighted by Crippen LogP contribution is -2.24. The molecule has 0 saturated heterocycles. The Morgan fingerprint density at radius 1 is 1.05 bits per heavy atom. The van der Waals surface area contributed by atoms with Crippen molar-refractivity contribution in [2.24, 2.45) is 15.6 Å². The molecule has 21 heavy (non-hydrogen) atoms. The Morgan fingerprint density at radius 3 is 2.67 bits per heavy atom. The van der Waals surface area contributed by atoms with Gasteiger partial charge in [-0.3, -0.25) is 0 Å². The van der Waals surface area contributed by atoms with Gasteiger partial charge in [0.25, 0.3) is 0 Å². The minimum Gasteiger partial charge on any atom is -0.506 e. The number of phenols is 1. The van der Waals surface area contributed by atoms with Gasteiger partial charge in [-0.15, -0.1) is 0 Å². The van der Waals surface area contributed by atoms with Crippen molar-refractivity contribution in [2.45, 2.75) is 19.9 Å². The average molecular weight is 278 g/mol. The summed E-state index contributed by atoms with van der Waals surface area (Å²) < 4.78 is 0. The van der Waals surface area contributed by atoms with Gasteiger partial charge >= 0.3 is 0 Å². The Labute approximate surface area is 124 Å². The summed E-state index contributed by atoms with van der Waals surface area (Å²) in [4.78, 5) is 0. The quantitative estimate of drug-likeness (QED) is 0.758. The molecule has 3 rings (SSSR count). The van der Waals surface area contributed by atoms with Gasteiger partial charge in [0, 0.05) is 10.8 Å². The molecule has 1 aliphatic carbocycles. The Kier molecular flexibility index (Phi) is 3.34. The van der Waals surface area contributed by atoms with Crippen molar-refractivity contribution in [3.8, 4) is 5.75 Å². The van der Waals surface area contributed by atoms with Crippen LogP contribution in [0.2, 0.25) is 0 Å². The summed E-state index contributed by atoms with van der Waals surface area (Å²) in [5, 5.41) is 20.8. The largest absolute Gasteiger partial charge is 0.506 e. The topological polar surface area (TPSA) is 45.0 Å². The van der Waals surface area contributed by atoms with Crippen LogP contribution in [0.25, 0.3) is 10.8 Å². The average Bonchev–Trinajstić information content (AvgIpc) is 2.47. The van der Waals surface area contributed by atoms with Gasteiger partial charge in [-0.1, -0.05) is 68.5 Å². The van der Waals surface area contributed by atoms with Crippen LogP contribution < -0.4 is 0 Å². The van der Waals surface area contributed by atoms with E-state index in [9.17, 15) is 5.11 Å². The number of azo groups is 1. The maximum atomic E-state index is 10.1. The highest BCUT2D eigenvalue weighted by Crippen LogP contribution is 2.37. The lowest BCUT2D eigenvalue weighted by Gasteiger charge is -2.27. The molecule has 1 N–H and O–H groups in total. The lowest BCUT2D eigenvalue weighted by molar-refractivity contribution is 0.411. The zero-order valence-electron chi connectivity index (χ0n) is 12.2. The molecule has 0 radical (unpaired) electrons. The number of phenolic OH excluding ortho intramolecular Hbond substituents is 1. The molecule has 2 aromatic carbocycles.